The molecule has 2 N–H and O–H groups in total. The highest BCUT2D eigenvalue weighted by atomic mass is 16.3. The van der Waals surface area contributed by atoms with Gasteiger partial charge in [0.05, 0.1) is 12.2 Å². The molecular formula is C19H30O3. The molecule has 4 fully saturated rings. The Hall–Kier alpha value is -0.410. The summed E-state index contributed by atoms with van der Waals surface area (Å²) in [6.45, 7) is 4.48. The van der Waals surface area contributed by atoms with Crippen LogP contribution in [0.1, 0.15) is 65.2 Å². The van der Waals surface area contributed by atoms with Gasteiger partial charge in [0.15, 0.2) is 0 Å². The van der Waals surface area contributed by atoms with Crippen LogP contribution in [-0.4, -0.2) is 28.2 Å². The molecule has 0 aromatic carbocycles. The largest absolute Gasteiger partial charge is 0.393 e. The SMILES string of the molecule is C[C@]12CC[C@@H](O)C[C@H]1CC[C@@H]1[C@H]3CC[C@H](O)[C@@]3(C)CC(=O)[C@H]12. The van der Waals surface area contributed by atoms with Crippen LogP contribution in [0.5, 0.6) is 0 Å². The Bertz CT molecular complexity index is 489. The van der Waals surface area contributed by atoms with Gasteiger partial charge in [0, 0.05) is 17.8 Å². The van der Waals surface area contributed by atoms with Gasteiger partial charge in [0.2, 0.25) is 0 Å². The molecule has 0 radical (unpaired) electrons. The van der Waals surface area contributed by atoms with Crippen molar-refractivity contribution in [2.75, 3.05) is 0 Å². The predicted molar refractivity (Wildman–Crippen MR) is 84.1 cm³/mol. The van der Waals surface area contributed by atoms with E-state index in [1.54, 1.807) is 0 Å². The molecule has 0 amide bonds. The van der Waals surface area contributed by atoms with Crippen LogP contribution in [-0.2, 0) is 4.79 Å². The molecular weight excluding hydrogens is 276 g/mol. The summed E-state index contributed by atoms with van der Waals surface area (Å²) < 4.78 is 0. The van der Waals surface area contributed by atoms with Gasteiger partial charge in [-0.2, -0.15) is 0 Å². The first-order valence-corrected chi connectivity index (χ1v) is 9.25. The molecule has 22 heavy (non-hydrogen) atoms. The minimum Gasteiger partial charge on any atom is -0.393 e. The molecule has 0 spiro atoms. The number of hydrogen-bond acceptors (Lipinski definition) is 3. The molecule has 0 unspecified atom stereocenters. The highest BCUT2D eigenvalue weighted by Gasteiger charge is 2.63. The summed E-state index contributed by atoms with van der Waals surface area (Å²) in [7, 11) is 0. The third kappa shape index (κ3) is 1.84. The first kappa shape index (κ1) is 15.1. The van der Waals surface area contributed by atoms with E-state index in [1.807, 2.05) is 0 Å². The standard InChI is InChI=1S/C19H30O3/c1-18-8-7-12(20)9-11(18)3-4-13-14-5-6-16(22)19(14,2)10-15(21)17(13)18/h11-14,16-17,20,22H,3-10H2,1-2H3/t11-,12-,13-,14-,16+,17+,18+,19+/m1/s1. The number of aliphatic hydroxyl groups excluding tert-OH is 2. The Morgan fingerprint density at radius 1 is 1.00 bits per heavy atom. The molecule has 3 nitrogen and oxygen atoms in total. The molecule has 4 rings (SSSR count). The van der Waals surface area contributed by atoms with Crippen molar-refractivity contribution in [3.05, 3.63) is 0 Å². The monoisotopic (exact) mass is 306 g/mol. The van der Waals surface area contributed by atoms with Crippen LogP contribution >= 0.6 is 0 Å². The molecule has 124 valence electrons. The van der Waals surface area contributed by atoms with E-state index in [2.05, 4.69) is 13.8 Å². The topological polar surface area (TPSA) is 57.5 Å². The highest BCUT2D eigenvalue weighted by molar-refractivity contribution is 5.84. The van der Waals surface area contributed by atoms with E-state index in [1.165, 1.54) is 0 Å². The van der Waals surface area contributed by atoms with Crippen LogP contribution in [0.2, 0.25) is 0 Å². The zero-order valence-corrected chi connectivity index (χ0v) is 13.9. The molecule has 4 aliphatic rings. The summed E-state index contributed by atoms with van der Waals surface area (Å²) >= 11 is 0. The van der Waals surface area contributed by atoms with E-state index < -0.39 is 0 Å². The van der Waals surface area contributed by atoms with Gasteiger partial charge in [-0.05, 0) is 68.1 Å². The molecule has 0 aromatic rings. The molecule has 4 saturated carbocycles. The van der Waals surface area contributed by atoms with Crippen LogP contribution in [0.15, 0.2) is 0 Å². The predicted octanol–water partition coefficient (Wildman–Crippen LogP) is 2.93. The Kier molecular flexibility index (Phi) is 3.30. The van der Waals surface area contributed by atoms with Gasteiger partial charge in [-0.3, -0.25) is 4.79 Å². The average Bonchev–Trinajstić information content (AvgIpc) is 2.75. The number of carbonyl (C=O) groups excluding carboxylic acids is 1. The highest BCUT2D eigenvalue weighted by Crippen LogP contribution is 2.65. The van der Waals surface area contributed by atoms with E-state index in [9.17, 15) is 15.0 Å². The van der Waals surface area contributed by atoms with Crippen LogP contribution in [0, 0.1) is 34.5 Å². The van der Waals surface area contributed by atoms with E-state index >= 15 is 0 Å². The molecule has 0 saturated heterocycles. The van der Waals surface area contributed by atoms with Gasteiger partial charge in [-0.15, -0.1) is 0 Å². The quantitative estimate of drug-likeness (QED) is 0.723. The molecule has 0 heterocycles. The van der Waals surface area contributed by atoms with Crippen molar-refractivity contribution in [1.29, 1.82) is 0 Å². The third-order valence-electron chi connectivity index (χ3n) is 8.27. The lowest BCUT2D eigenvalue weighted by Crippen LogP contribution is -2.58. The molecule has 4 aliphatic carbocycles. The van der Waals surface area contributed by atoms with Crippen LogP contribution in [0.3, 0.4) is 0 Å². The van der Waals surface area contributed by atoms with Crippen molar-refractivity contribution in [3.63, 3.8) is 0 Å². The smallest absolute Gasteiger partial charge is 0.137 e. The third-order valence-corrected chi connectivity index (χ3v) is 8.27. The van der Waals surface area contributed by atoms with Crippen molar-refractivity contribution in [2.24, 2.45) is 34.5 Å². The lowest BCUT2D eigenvalue weighted by molar-refractivity contribution is -0.164. The normalized spacial score (nSPS) is 57.9. The summed E-state index contributed by atoms with van der Waals surface area (Å²) in [6, 6.07) is 0. The number of rotatable bonds is 0. The second-order valence-corrected chi connectivity index (χ2v) is 9.20. The number of fused-ring (bicyclic) bond motifs is 5. The van der Waals surface area contributed by atoms with Crippen molar-refractivity contribution < 1.29 is 15.0 Å². The summed E-state index contributed by atoms with van der Waals surface area (Å²) in [6.07, 6.45) is 7.11. The minimum absolute atomic E-state index is 0.0914. The van der Waals surface area contributed by atoms with Crippen molar-refractivity contribution in [2.45, 2.75) is 77.4 Å². The van der Waals surface area contributed by atoms with Crippen LogP contribution in [0.4, 0.5) is 0 Å². The van der Waals surface area contributed by atoms with Gasteiger partial charge < -0.3 is 10.2 Å². The Morgan fingerprint density at radius 3 is 2.55 bits per heavy atom. The van der Waals surface area contributed by atoms with Gasteiger partial charge in [0.25, 0.3) is 0 Å². The molecule has 8 atom stereocenters. The maximum atomic E-state index is 13.1. The minimum atomic E-state index is -0.291. The Balaban J connectivity index is 1.69. The number of carbonyl (C=O) groups is 1. The molecule has 0 aromatic heterocycles. The van der Waals surface area contributed by atoms with E-state index in [0.717, 1.165) is 44.9 Å². The first-order chi connectivity index (χ1) is 10.4. The number of aliphatic hydroxyl groups is 2. The van der Waals surface area contributed by atoms with Crippen molar-refractivity contribution in [1.82, 2.24) is 0 Å². The fraction of sp³-hybridized carbons (Fsp3) is 0.947. The molecule has 3 heteroatoms. The lowest BCUT2D eigenvalue weighted by Gasteiger charge is -2.59. The van der Waals surface area contributed by atoms with E-state index in [0.29, 0.717) is 30.0 Å². The molecule has 0 bridgehead atoms. The zero-order valence-electron chi connectivity index (χ0n) is 13.9. The summed E-state index contributed by atoms with van der Waals surface area (Å²) in [5.74, 6) is 2.10. The zero-order chi connectivity index (χ0) is 15.7. The maximum Gasteiger partial charge on any atom is 0.137 e. The second-order valence-electron chi connectivity index (χ2n) is 9.20. The van der Waals surface area contributed by atoms with Crippen LogP contribution < -0.4 is 0 Å². The average molecular weight is 306 g/mol. The fourth-order valence-corrected chi connectivity index (χ4v) is 7.03. The summed E-state index contributed by atoms with van der Waals surface area (Å²) in [5, 5.41) is 20.5. The first-order valence-electron chi connectivity index (χ1n) is 9.25. The van der Waals surface area contributed by atoms with Crippen molar-refractivity contribution in [3.8, 4) is 0 Å². The van der Waals surface area contributed by atoms with Gasteiger partial charge in [-0.1, -0.05) is 13.8 Å². The van der Waals surface area contributed by atoms with Gasteiger partial charge in [-0.25, -0.2) is 0 Å². The second kappa shape index (κ2) is 4.80. The number of hydrogen-bond donors (Lipinski definition) is 2. The molecule has 0 aliphatic heterocycles. The van der Waals surface area contributed by atoms with E-state index in [4.69, 9.17) is 0 Å². The maximum absolute atomic E-state index is 13.1. The Labute approximate surface area is 133 Å². The number of ketones is 1. The lowest BCUT2D eigenvalue weighted by atomic mass is 9.45. The van der Waals surface area contributed by atoms with Crippen molar-refractivity contribution >= 4 is 5.78 Å². The summed E-state index contributed by atoms with van der Waals surface area (Å²) in [4.78, 5) is 13.1. The number of Topliss-reactive ketones (excluding diaryl/α,β-unsaturated/α-hetero) is 1. The summed E-state index contributed by atoms with van der Waals surface area (Å²) in [5.41, 5.74) is -0.0796. The van der Waals surface area contributed by atoms with Gasteiger partial charge >= 0.3 is 0 Å². The van der Waals surface area contributed by atoms with Crippen LogP contribution in [0.25, 0.3) is 0 Å². The fourth-order valence-electron chi connectivity index (χ4n) is 7.03. The van der Waals surface area contributed by atoms with E-state index in [-0.39, 0.29) is 29.0 Å². The Morgan fingerprint density at radius 2 is 1.77 bits per heavy atom. The van der Waals surface area contributed by atoms with Gasteiger partial charge in [0.1, 0.15) is 5.78 Å².